The quantitative estimate of drug-likeness (QED) is 0.633. The Morgan fingerprint density at radius 3 is 2.09 bits per heavy atom. The van der Waals surface area contributed by atoms with E-state index >= 15 is 0 Å². The number of piperazine rings is 1. The lowest BCUT2D eigenvalue weighted by Gasteiger charge is -2.43. The van der Waals surface area contributed by atoms with Crippen LogP contribution in [-0.4, -0.2) is 90.3 Å². The van der Waals surface area contributed by atoms with Crippen LogP contribution in [0.4, 0.5) is 10.1 Å². The number of likely N-dealkylation sites (tertiary alicyclic amines) is 1. The number of rotatable bonds is 4. The average molecular weight is 488 g/mol. The van der Waals surface area contributed by atoms with E-state index in [0.29, 0.717) is 11.6 Å². The van der Waals surface area contributed by atoms with Gasteiger partial charge in [0, 0.05) is 50.9 Å². The van der Waals surface area contributed by atoms with Crippen LogP contribution < -0.4 is 9.64 Å². The van der Waals surface area contributed by atoms with Gasteiger partial charge in [0.25, 0.3) is 5.91 Å². The first-order chi connectivity index (χ1) is 16.8. The van der Waals surface area contributed by atoms with Crippen LogP contribution in [0, 0.1) is 5.82 Å². The number of para-hydroxylation sites is 2. The molecule has 35 heavy (non-hydrogen) atoms. The molecule has 2 aliphatic rings. The first-order valence-corrected chi connectivity index (χ1v) is 11.4. The molecule has 2 aliphatic heterocycles. The molecule has 0 atom stereocenters. The normalized spacial score (nSPS) is 16.7. The molecule has 2 aromatic carbocycles. The molecule has 0 aliphatic carbocycles. The highest BCUT2D eigenvalue weighted by molar-refractivity contribution is 6.27. The Kier molecular flexibility index (Phi) is 9.02. The van der Waals surface area contributed by atoms with E-state index in [4.69, 9.17) is 24.5 Å². The lowest BCUT2D eigenvalue weighted by Crippen LogP contribution is -2.53. The number of carboxylic acids is 2. The van der Waals surface area contributed by atoms with Gasteiger partial charge in [-0.3, -0.25) is 9.69 Å². The highest BCUT2D eigenvalue weighted by Crippen LogP contribution is 2.29. The fourth-order valence-corrected chi connectivity index (χ4v) is 4.46. The average Bonchev–Trinajstić information content (AvgIpc) is 2.89. The number of carbonyl (C=O) groups is 3. The van der Waals surface area contributed by atoms with Gasteiger partial charge in [-0.1, -0.05) is 18.2 Å². The maximum Gasteiger partial charge on any atom is 0.414 e. The third-order valence-electron chi connectivity index (χ3n) is 6.26. The van der Waals surface area contributed by atoms with Gasteiger partial charge in [0.05, 0.1) is 12.8 Å². The van der Waals surface area contributed by atoms with E-state index in [-0.39, 0.29) is 11.7 Å². The van der Waals surface area contributed by atoms with E-state index in [2.05, 4.69) is 21.9 Å². The van der Waals surface area contributed by atoms with Crippen LogP contribution in [0.1, 0.15) is 23.2 Å². The molecule has 0 unspecified atom stereocenters. The Hall–Kier alpha value is -3.66. The molecule has 4 rings (SSSR count). The predicted molar refractivity (Wildman–Crippen MR) is 127 cm³/mol. The smallest absolute Gasteiger partial charge is 0.414 e. The van der Waals surface area contributed by atoms with Crippen molar-refractivity contribution < 1.29 is 33.7 Å². The lowest BCUT2D eigenvalue weighted by molar-refractivity contribution is -0.159. The minimum atomic E-state index is -1.82. The molecule has 9 nitrogen and oxygen atoms in total. The minimum Gasteiger partial charge on any atom is -0.495 e. The summed E-state index contributed by atoms with van der Waals surface area (Å²) in [6.45, 7) is 5.44. The molecule has 0 aromatic heterocycles. The van der Waals surface area contributed by atoms with Crippen molar-refractivity contribution in [1.82, 2.24) is 9.80 Å². The third-order valence-corrected chi connectivity index (χ3v) is 6.26. The van der Waals surface area contributed by atoms with E-state index in [1.54, 1.807) is 19.2 Å². The molecule has 1 amide bonds. The molecule has 10 heteroatoms. The molecule has 2 saturated heterocycles. The SMILES string of the molecule is COc1ccccc1N1CCN(C2CCN(C(=O)c3cccc(F)c3)CC2)CC1.O=C(O)C(=O)O. The standard InChI is InChI=1S/C23H28FN3O2.C2H2O4/c1-29-22-8-3-2-7-21(22)26-15-13-25(14-16-26)20-9-11-27(12-10-20)23(28)18-5-4-6-19(24)17-18;3-1(4)2(5)6/h2-8,17,20H,9-16H2,1H3;(H,3,4)(H,5,6). The fourth-order valence-electron chi connectivity index (χ4n) is 4.46. The molecule has 2 N–H and O–H groups in total. The molecule has 0 spiro atoms. The van der Waals surface area contributed by atoms with Crippen molar-refractivity contribution in [2.75, 3.05) is 51.3 Å². The fraction of sp³-hybridized carbons (Fsp3) is 0.400. The topological polar surface area (TPSA) is 111 Å². The largest absolute Gasteiger partial charge is 0.495 e. The van der Waals surface area contributed by atoms with Crippen LogP contribution in [0.2, 0.25) is 0 Å². The first kappa shape index (κ1) is 26.0. The van der Waals surface area contributed by atoms with Gasteiger partial charge < -0.3 is 24.7 Å². The number of nitrogens with zero attached hydrogens (tertiary/aromatic N) is 3. The maximum absolute atomic E-state index is 13.4. The molecule has 2 fully saturated rings. The van der Waals surface area contributed by atoms with Crippen molar-refractivity contribution in [1.29, 1.82) is 0 Å². The molecule has 188 valence electrons. The number of hydrogen-bond acceptors (Lipinski definition) is 6. The molecular formula is C25H30FN3O6. The van der Waals surface area contributed by atoms with Crippen molar-refractivity contribution in [3.63, 3.8) is 0 Å². The number of piperidine rings is 1. The van der Waals surface area contributed by atoms with Crippen molar-refractivity contribution in [2.24, 2.45) is 0 Å². The minimum absolute atomic E-state index is 0.0658. The second-order valence-electron chi connectivity index (χ2n) is 8.34. The molecule has 2 aromatic rings. The number of ether oxygens (including phenoxy) is 1. The molecule has 2 heterocycles. The van der Waals surface area contributed by atoms with E-state index < -0.39 is 11.9 Å². The van der Waals surface area contributed by atoms with Crippen LogP contribution in [0.25, 0.3) is 0 Å². The van der Waals surface area contributed by atoms with Gasteiger partial charge in [-0.05, 0) is 43.2 Å². The number of anilines is 1. The molecule has 0 radical (unpaired) electrons. The Labute approximate surface area is 203 Å². The van der Waals surface area contributed by atoms with Crippen LogP contribution in [0.15, 0.2) is 48.5 Å². The molecule has 0 bridgehead atoms. The molecular weight excluding hydrogens is 457 g/mol. The van der Waals surface area contributed by atoms with Gasteiger partial charge in [-0.25, -0.2) is 14.0 Å². The summed E-state index contributed by atoms with van der Waals surface area (Å²) in [7, 11) is 1.72. The molecule has 0 saturated carbocycles. The zero-order valence-electron chi connectivity index (χ0n) is 19.6. The number of carboxylic acid groups (broad SMARTS) is 2. The zero-order valence-corrected chi connectivity index (χ0v) is 19.6. The number of methoxy groups -OCH3 is 1. The monoisotopic (exact) mass is 487 g/mol. The Morgan fingerprint density at radius 2 is 1.51 bits per heavy atom. The number of benzene rings is 2. The van der Waals surface area contributed by atoms with Crippen molar-refractivity contribution >= 4 is 23.5 Å². The highest BCUT2D eigenvalue weighted by Gasteiger charge is 2.30. The summed E-state index contributed by atoms with van der Waals surface area (Å²) in [6.07, 6.45) is 1.94. The summed E-state index contributed by atoms with van der Waals surface area (Å²) < 4.78 is 18.9. The van der Waals surface area contributed by atoms with Gasteiger partial charge in [0.15, 0.2) is 0 Å². The van der Waals surface area contributed by atoms with Crippen LogP contribution in [0.5, 0.6) is 5.75 Å². The second-order valence-corrected chi connectivity index (χ2v) is 8.34. The highest BCUT2D eigenvalue weighted by atomic mass is 19.1. The van der Waals surface area contributed by atoms with Gasteiger partial charge >= 0.3 is 11.9 Å². The van der Waals surface area contributed by atoms with Gasteiger partial charge in [0.2, 0.25) is 0 Å². The Balaban J connectivity index is 0.000000509. The maximum atomic E-state index is 13.4. The predicted octanol–water partition coefficient (Wildman–Crippen LogP) is 2.42. The van der Waals surface area contributed by atoms with Gasteiger partial charge in [-0.2, -0.15) is 0 Å². The summed E-state index contributed by atoms with van der Waals surface area (Å²) in [5.41, 5.74) is 1.60. The lowest BCUT2D eigenvalue weighted by atomic mass is 10.0. The van der Waals surface area contributed by atoms with Crippen LogP contribution >= 0.6 is 0 Å². The summed E-state index contributed by atoms with van der Waals surface area (Å²) >= 11 is 0. The van der Waals surface area contributed by atoms with Crippen LogP contribution in [0.3, 0.4) is 0 Å². The first-order valence-electron chi connectivity index (χ1n) is 11.4. The zero-order chi connectivity index (χ0) is 25.4. The number of amides is 1. The van der Waals surface area contributed by atoms with Gasteiger partial charge in [-0.15, -0.1) is 0 Å². The van der Waals surface area contributed by atoms with E-state index in [1.807, 2.05) is 17.0 Å². The van der Waals surface area contributed by atoms with E-state index in [0.717, 1.165) is 63.5 Å². The number of halogens is 1. The summed E-state index contributed by atoms with van der Waals surface area (Å²) in [4.78, 5) is 37.6. The van der Waals surface area contributed by atoms with Crippen molar-refractivity contribution in [2.45, 2.75) is 18.9 Å². The summed E-state index contributed by atoms with van der Waals surface area (Å²) in [5.74, 6) is -3.15. The third kappa shape index (κ3) is 6.92. The van der Waals surface area contributed by atoms with E-state index in [1.165, 1.54) is 12.1 Å². The number of carbonyl (C=O) groups excluding carboxylic acids is 1. The summed E-state index contributed by atoms with van der Waals surface area (Å²) in [6, 6.07) is 14.7. The van der Waals surface area contributed by atoms with Gasteiger partial charge in [0.1, 0.15) is 11.6 Å². The Bertz CT molecular complexity index is 1020. The Morgan fingerprint density at radius 1 is 0.886 bits per heavy atom. The number of aliphatic carboxylic acids is 2. The second kappa shape index (κ2) is 12.2. The van der Waals surface area contributed by atoms with Crippen LogP contribution in [-0.2, 0) is 9.59 Å². The number of hydrogen-bond donors (Lipinski definition) is 2. The van der Waals surface area contributed by atoms with Crippen molar-refractivity contribution in [3.8, 4) is 5.75 Å². The van der Waals surface area contributed by atoms with Crippen molar-refractivity contribution in [3.05, 3.63) is 59.9 Å². The summed E-state index contributed by atoms with van der Waals surface area (Å²) in [5, 5.41) is 14.8. The van der Waals surface area contributed by atoms with E-state index in [9.17, 15) is 9.18 Å².